The minimum absolute atomic E-state index is 0.0375. The molecule has 0 aliphatic carbocycles. The van der Waals surface area contributed by atoms with E-state index in [4.69, 9.17) is 16.9 Å². The Kier molecular flexibility index (Phi) is 5.14. The first-order chi connectivity index (χ1) is 11.7. The van der Waals surface area contributed by atoms with Gasteiger partial charge in [-0.25, -0.2) is 0 Å². The summed E-state index contributed by atoms with van der Waals surface area (Å²) in [6, 6.07) is 16.9. The van der Waals surface area contributed by atoms with E-state index in [9.17, 15) is 4.79 Å². The summed E-state index contributed by atoms with van der Waals surface area (Å²) in [6.45, 7) is 3.94. The lowest BCUT2D eigenvalue weighted by Gasteiger charge is -2.34. The van der Waals surface area contributed by atoms with Crippen LogP contribution in [0.2, 0.25) is 5.02 Å². The highest BCUT2D eigenvalue weighted by Gasteiger charge is 2.22. The van der Waals surface area contributed by atoms with Crippen molar-refractivity contribution in [3.63, 3.8) is 0 Å². The van der Waals surface area contributed by atoms with E-state index in [1.54, 1.807) is 24.3 Å². The molecule has 0 spiro atoms. The third-order valence-electron chi connectivity index (χ3n) is 4.22. The number of carbonyl (C=O) groups is 1. The van der Waals surface area contributed by atoms with Crippen LogP contribution in [0.3, 0.4) is 0 Å². The van der Waals surface area contributed by atoms with Gasteiger partial charge >= 0.3 is 0 Å². The zero-order chi connectivity index (χ0) is 16.9. The first-order valence-corrected chi connectivity index (χ1v) is 8.30. The van der Waals surface area contributed by atoms with Crippen molar-refractivity contribution in [1.29, 1.82) is 5.26 Å². The SMILES string of the molecule is N#Cc1ccc(CN2CCN(C(=O)c3cccc(Cl)c3)CC2)cc1. The van der Waals surface area contributed by atoms with Gasteiger partial charge in [-0.3, -0.25) is 9.69 Å². The average Bonchev–Trinajstić information content (AvgIpc) is 2.62. The lowest BCUT2D eigenvalue weighted by molar-refractivity contribution is 0.0628. The van der Waals surface area contributed by atoms with Crippen molar-refractivity contribution >= 4 is 17.5 Å². The highest BCUT2D eigenvalue weighted by molar-refractivity contribution is 6.30. The van der Waals surface area contributed by atoms with Crippen LogP contribution in [0.1, 0.15) is 21.5 Å². The number of amides is 1. The molecule has 0 radical (unpaired) electrons. The zero-order valence-corrected chi connectivity index (χ0v) is 14.0. The largest absolute Gasteiger partial charge is 0.336 e. The van der Waals surface area contributed by atoms with E-state index in [1.807, 2.05) is 29.2 Å². The average molecular weight is 340 g/mol. The number of piperazine rings is 1. The van der Waals surface area contributed by atoms with Crippen LogP contribution in [0.15, 0.2) is 48.5 Å². The number of rotatable bonds is 3. The van der Waals surface area contributed by atoms with Gasteiger partial charge in [-0.1, -0.05) is 29.8 Å². The molecule has 1 aliphatic heterocycles. The molecule has 2 aromatic carbocycles. The lowest BCUT2D eigenvalue weighted by Crippen LogP contribution is -2.48. The molecule has 0 bridgehead atoms. The van der Waals surface area contributed by atoms with Gasteiger partial charge in [-0.2, -0.15) is 5.26 Å². The maximum Gasteiger partial charge on any atom is 0.253 e. The summed E-state index contributed by atoms with van der Waals surface area (Å²) in [7, 11) is 0. The van der Waals surface area contributed by atoms with Gasteiger partial charge in [0.05, 0.1) is 11.6 Å². The number of halogens is 1. The Bertz CT molecular complexity index is 759. The molecule has 24 heavy (non-hydrogen) atoms. The number of nitrogens with zero attached hydrogens (tertiary/aromatic N) is 3. The van der Waals surface area contributed by atoms with Gasteiger partial charge in [0.1, 0.15) is 0 Å². The predicted molar refractivity (Wildman–Crippen MR) is 93.8 cm³/mol. The van der Waals surface area contributed by atoms with Crippen molar-refractivity contribution < 1.29 is 4.79 Å². The maximum absolute atomic E-state index is 12.5. The molecule has 0 N–H and O–H groups in total. The van der Waals surface area contributed by atoms with E-state index in [0.717, 1.165) is 19.6 Å². The second kappa shape index (κ2) is 7.48. The summed E-state index contributed by atoms with van der Waals surface area (Å²) in [6.07, 6.45) is 0. The van der Waals surface area contributed by atoms with E-state index in [-0.39, 0.29) is 5.91 Å². The summed E-state index contributed by atoms with van der Waals surface area (Å²) in [5.74, 6) is 0.0375. The molecule has 122 valence electrons. The van der Waals surface area contributed by atoms with E-state index >= 15 is 0 Å². The molecule has 4 nitrogen and oxygen atoms in total. The van der Waals surface area contributed by atoms with Crippen molar-refractivity contribution in [1.82, 2.24) is 9.80 Å². The van der Waals surface area contributed by atoms with Gasteiger partial charge in [0.15, 0.2) is 0 Å². The maximum atomic E-state index is 12.5. The van der Waals surface area contributed by atoms with E-state index < -0.39 is 0 Å². The Balaban J connectivity index is 1.55. The molecule has 3 rings (SSSR count). The molecule has 1 aliphatic rings. The standard InChI is InChI=1S/C19H18ClN3O/c20-18-3-1-2-17(12-18)19(24)23-10-8-22(9-11-23)14-16-6-4-15(13-21)5-7-16/h1-7,12H,8-11,14H2. The van der Waals surface area contributed by atoms with Crippen LogP contribution >= 0.6 is 11.6 Å². The summed E-state index contributed by atoms with van der Waals surface area (Å²) in [4.78, 5) is 16.7. The van der Waals surface area contributed by atoms with Gasteiger partial charge in [0.25, 0.3) is 5.91 Å². The first kappa shape index (κ1) is 16.5. The Morgan fingerprint density at radius 2 is 1.79 bits per heavy atom. The fraction of sp³-hybridized carbons (Fsp3) is 0.263. The smallest absolute Gasteiger partial charge is 0.253 e. The minimum Gasteiger partial charge on any atom is -0.336 e. The molecule has 0 unspecified atom stereocenters. The summed E-state index contributed by atoms with van der Waals surface area (Å²) in [5, 5.41) is 9.42. The van der Waals surface area contributed by atoms with Gasteiger partial charge < -0.3 is 4.90 Å². The van der Waals surface area contributed by atoms with Crippen molar-refractivity contribution in [2.75, 3.05) is 26.2 Å². The van der Waals surface area contributed by atoms with Crippen molar-refractivity contribution in [2.45, 2.75) is 6.54 Å². The van der Waals surface area contributed by atoms with E-state index in [2.05, 4.69) is 11.0 Å². The van der Waals surface area contributed by atoms with Crippen LogP contribution in [-0.4, -0.2) is 41.9 Å². The predicted octanol–water partition coefficient (Wildman–Crippen LogP) is 3.17. The van der Waals surface area contributed by atoms with Gasteiger partial charge in [-0.15, -0.1) is 0 Å². The molecule has 5 heteroatoms. The van der Waals surface area contributed by atoms with E-state index in [0.29, 0.717) is 29.2 Å². The zero-order valence-electron chi connectivity index (χ0n) is 13.3. The molecule has 0 aromatic heterocycles. The third-order valence-corrected chi connectivity index (χ3v) is 4.46. The molecular weight excluding hydrogens is 322 g/mol. The van der Waals surface area contributed by atoms with Crippen LogP contribution in [0.25, 0.3) is 0 Å². The monoisotopic (exact) mass is 339 g/mol. The fourth-order valence-corrected chi connectivity index (χ4v) is 3.05. The Hall–Kier alpha value is -2.35. The highest BCUT2D eigenvalue weighted by Crippen LogP contribution is 2.15. The number of benzene rings is 2. The van der Waals surface area contributed by atoms with Crippen LogP contribution < -0.4 is 0 Å². The van der Waals surface area contributed by atoms with Gasteiger partial charge in [-0.05, 0) is 35.9 Å². The Morgan fingerprint density at radius 1 is 1.08 bits per heavy atom. The van der Waals surface area contributed by atoms with Crippen molar-refractivity contribution in [2.24, 2.45) is 0 Å². The number of nitriles is 1. The number of hydrogen-bond acceptors (Lipinski definition) is 3. The van der Waals surface area contributed by atoms with Crippen LogP contribution in [-0.2, 0) is 6.54 Å². The molecule has 0 atom stereocenters. The van der Waals surface area contributed by atoms with Crippen LogP contribution in [0, 0.1) is 11.3 Å². The highest BCUT2D eigenvalue weighted by atomic mass is 35.5. The second-order valence-electron chi connectivity index (χ2n) is 5.89. The fourth-order valence-electron chi connectivity index (χ4n) is 2.86. The molecular formula is C19H18ClN3O. The Labute approximate surface area is 146 Å². The van der Waals surface area contributed by atoms with Crippen LogP contribution in [0.4, 0.5) is 0 Å². The summed E-state index contributed by atoms with van der Waals surface area (Å²) < 4.78 is 0. The van der Waals surface area contributed by atoms with Gasteiger partial charge in [0.2, 0.25) is 0 Å². The third kappa shape index (κ3) is 3.94. The van der Waals surface area contributed by atoms with Crippen molar-refractivity contribution in [3.05, 3.63) is 70.2 Å². The van der Waals surface area contributed by atoms with Crippen LogP contribution in [0.5, 0.6) is 0 Å². The number of hydrogen-bond donors (Lipinski definition) is 0. The Morgan fingerprint density at radius 3 is 2.42 bits per heavy atom. The normalized spacial score (nSPS) is 15.1. The van der Waals surface area contributed by atoms with Gasteiger partial charge in [0, 0.05) is 43.3 Å². The van der Waals surface area contributed by atoms with Crippen molar-refractivity contribution in [3.8, 4) is 6.07 Å². The summed E-state index contributed by atoms with van der Waals surface area (Å²) in [5.41, 5.74) is 2.50. The topological polar surface area (TPSA) is 47.3 Å². The molecule has 1 fully saturated rings. The molecule has 2 aromatic rings. The lowest BCUT2D eigenvalue weighted by atomic mass is 10.1. The molecule has 1 saturated heterocycles. The molecule has 1 amide bonds. The number of carbonyl (C=O) groups excluding carboxylic acids is 1. The molecule has 0 saturated carbocycles. The summed E-state index contributed by atoms with van der Waals surface area (Å²) >= 11 is 5.96. The second-order valence-corrected chi connectivity index (χ2v) is 6.32. The quantitative estimate of drug-likeness (QED) is 0.863. The van der Waals surface area contributed by atoms with E-state index in [1.165, 1.54) is 5.56 Å². The first-order valence-electron chi connectivity index (χ1n) is 7.92. The minimum atomic E-state index is 0.0375. The molecule has 1 heterocycles.